The number of aliphatic hydroxyl groups excluding tert-OH is 3. The second-order valence-electron chi connectivity index (χ2n) is 8.07. The molecule has 2 aromatic carbocycles. The molecule has 0 saturated carbocycles. The quantitative estimate of drug-likeness (QED) is 0.617. The van der Waals surface area contributed by atoms with Crippen LogP contribution in [0, 0.1) is 6.92 Å². The van der Waals surface area contributed by atoms with Crippen molar-refractivity contribution in [3.05, 3.63) is 70.5 Å². The molecule has 0 aliphatic carbocycles. The number of aryl methyl sites for hydroxylation is 1. The summed E-state index contributed by atoms with van der Waals surface area (Å²) in [6.07, 6.45) is -4.02. The molecule has 0 radical (unpaired) electrons. The summed E-state index contributed by atoms with van der Waals surface area (Å²) < 4.78 is 17.8. The molecule has 6 heteroatoms. The van der Waals surface area contributed by atoms with Crippen LogP contribution in [0.2, 0.25) is 0 Å². The molecule has 5 atom stereocenters. The van der Waals surface area contributed by atoms with Crippen molar-refractivity contribution in [1.82, 2.24) is 0 Å². The molecule has 0 amide bonds. The number of fused-ring (bicyclic) bond motifs is 3. The van der Waals surface area contributed by atoms with Gasteiger partial charge in [0.1, 0.15) is 29.7 Å². The van der Waals surface area contributed by atoms with E-state index in [1.807, 2.05) is 49.4 Å². The lowest BCUT2D eigenvalue weighted by Crippen LogP contribution is -2.62. The Hall–Kier alpha value is -2.22. The zero-order valence-electron chi connectivity index (χ0n) is 16.3. The number of benzene rings is 2. The highest BCUT2D eigenvalue weighted by molar-refractivity contribution is 5.77. The Morgan fingerprint density at radius 2 is 1.86 bits per heavy atom. The van der Waals surface area contributed by atoms with Gasteiger partial charge in [-0.15, -0.1) is 0 Å². The topological polar surface area (TPSA) is 92.3 Å². The van der Waals surface area contributed by atoms with Crippen LogP contribution in [0.4, 0.5) is 0 Å². The van der Waals surface area contributed by atoms with Gasteiger partial charge in [-0.1, -0.05) is 24.3 Å². The third-order valence-corrected chi connectivity index (χ3v) is 6.13. The van der Waals surface area contributed by atoms with Crippen LogP contribution in [0.25, 0.3) is 11.0 Å². The van der Waals surface area contributed by atoms with Crippen molar-refractivity contribution in [3.63, 3.8) is 0 Å². The molecule has 152 valence electrons. The second kappa shape index (κ2) is 6.65. The summed E-state index contributed by atoms with van der Waals surface area (Å²) in [7, 11) is 0. The zero-order chi connectivity index (χ0) is 20.3. The highest BCUT2D eigenvalue weighted by Crippen LogP contribution is 2.46. The minimum atomic E-state index is -1.48. The lowest BCUT2D eigenvalue weighted by Gasteiger charge is -2.45. The van der Waals surface area contributed by atoms with Crippen molar-refractivity contribution >= 4 is 11.0 Å². The van der Waals surface area contributed by atoms with E-state index in [1.54, 1.807) is 6.92 Å². The Morgan fingerprint density at radius 3 is 2.66 bits per heavy atom. The molecule has 0 bridgehead atoms. The van der Waals surface area contributed by atoms with Gasteiger partial charge in [-0.3, -0.25) is 0 Å². The van der Waals surface area contributed by atoms with Crippen LogP contribution in [0.15, 0.2) is 46.9 Å². The average Bonchev–Trinajstić information content (AvgIpc) is 3.27. The molecule has 3 N–H and O–H groups in total. The van der Waals surface area contributed by atoms with Crippen molar-refractivity contribution < 1.29 is 29.2 Å². The average molecular weight is 396 g/mol. The van der Waals surface area contributed by atoms with Crippen LogP contribution in [-0.2, 0) is 28.3 Å². The molecule has 0 unspecified atom stereocenters. The van der Waals surface area contributed by atoms with Crippen molar-refractivity contribution in [2.75, 3.05) is 0 Å². The van der Waals surface area contributed by atoms with Crippen LogP contribution in [0.3, 0.4) is 0 Å². The fraction of sp³-hybridized carbons (Fsp3) is 0.391. The first-order chi connectivity index (χ1) is 13.9. The maximum atomic E-state index is 10.7. The molecule has 2 aliphatic rings. The van der Waals surface area contributed by atoms with E-state index in [9.17, 15) is 15.3 Å². The van der Waals surface area contributed by atoms with Gasteiger partial charge >= 0.3 is 0 Å². The van der Waals surface area contributed by atoms with Crippen LogP contribution in [0.1, 0.15) is 34.9 Å². The Labute approximate surface area is 168 Å². The Morgan fingerprint density at radius 1 is 1.07 bits per heavy atom. The zero-order valence-corrected chi connectivity index (χ0v) is 16.3. The first-order valence-electron chi connectivity index (χ1n) is 9.85. The lowest BCUT2D eigenvalue weighted by molar-refractivity contribution is -0.362. The SMILES string of the molecule is Cc1cc2c(cc1Cc1cc3ccccc3o1)[C@]1(OC2)O[C@H](C)[C@@H](O)[C@H](O)[C@H]1O. The van der Waals surface area contributed by atoms with Crippen molar-refractivity contribution in [2.24, 2.45) is 0 Å². The van der Waals surface area contributed by atoms with Gasteiger partial charge in [-0.05, 0) is 48.7 Å². The van der Waals surface area contributed by atoms with E-state index in [1.165, 1.54) is 0 Å². The van der Waals surface area contributed by atoms with E-state index in [0.717, 1.165) is 33.4 Å². The largest absolute Gasteiger partial charge is 0.461 e. The first-order valence-corrected chi connectivity index (χ1v) is 9.85. The number of hydrogen-bond donors (Lipinski definition) is 3. The highest BCUT2D eigenvalue weighted by Gasteiger charge is 2.57. The fourth-order valence-electron chi connectivity index (χ4n) is 4.47. The van der Waals surface area contributed by atoms with Gasteiger partial charge in [0.15, 0.2) is 0 Å². The van der Waals surface area contributed by atoms with Crippen LogP contribution < -0.4 is 0 Å². The molecule has 3 aromatic rings. The summed E-state index contributed by atoms with van der Waals surface area (Å²) >= 11 is 0. The molecule has 6 nitrogen and oxygen atoms in total. The molecule has 1 fully saturated rings. The van der Waals surface area contributed by atoms with Crippen LogP contribution in [0.5, 0.6) is 0 Å². The number of para-hydroxylation sites is 1. The van der Waals surface area contributed by atoms with Crippen molar-refractivity contribution in [1.29, 1.82) is 0 Å². The maximum Gasteiger partial charge on any atom is 0.225 e. The summed E-state index contributed by atoms with van der Waals surface area (Å²) in [5.74, 6) is -0.639. The number of rotatable bonds is 2. The van der Waals surface area contributed by atoms with Crippen LogP contribution >= 0.6 is 0 Å². The molecular weight excluding hydrogens is 372 g/mol. The van der Waals surface area contributed by atoms with Gasteiger partial charge in [0.2, 0.25) is 5.79 Å². The van der Waals surface area contributed by atoms with E-state index < -0.39 is 30.2 Å². The van der Waals surface area contributed by atoms with E-state index in [4.69, 9.17) is 13.9 Å². The van der Waals surface area contributed by atoms with Crippen molar-refractivity contribution in [2.45, 2.75) is 57.1 Å². The van der Waals surface area contributed by atoms with E-state index >= 15 is 0 Å². The fourth-order valence-corrected chi connectivity index (χ4v) is 4.47. The normalized spacial score (nSPS) is 31.5. The molecule has 29 heavy (non-hydrogen) atoms. The highest BCUT2D eigenvalue weighted by atomic mass is 16.7. The van der Waals surface area contributed by atoms with Gasteiger partial charge in [0.25, 0.3) is 0 Å². The summed E-state index contributed by atoms with van der Waals surface area (Å²) in [5.41, 5.74) is 4.56. The minimum absolute atomic E-state index is 0.272. The predicted octanol–water partition coefficient (Wildman–Crippen LogP) is 2.52. The van der Waals surface area contributed by atoms with Gasteiger partial charge in [-0.2, -0.15) is 0 Å². The molecule has 1 saturated heterocycles. The number of hydrogen-bond acceptors (Lipinski definition) is 6. The summed E-state index contributed by atoms with van der Waals surface area (Å²) in [6.45, 7) is 3.96. The van der Waals surface area contributed by atoms with Gasteiger partial charge in [0, 0.05) is 17.4 Å². The molecule has 1 aromatic heterocycles. The third kappa shape index (κ3) is 2.83. The van der Waals surface area contributed by atoms with Crippen molar-refractivity contribution in [3.8, 4) is 0 Å². The Kier molecular flexibility index (Phi) is 4.31. The minimum Gasteiger partial charge on any atom is -0.461 e. The van der Waals surface area contributed by atoms with Gasteiger partial charge in [0.05, 0.1) is 12.7 Å². The first kappa shape index (κ1) is 18.8. The van der Waals surface area contributed by atoms with Gasteiger partial charge in [-0.25, -0.2) is 0 Å². The maximum absolute atomic E-state index is 10.7. The van der Waals surface area contributed by atoms with Crippen LogP contribution in [-0.4, -0.2) is 39.7 Å². The summed E-state index contributed by atoms with van der Waals surface area (Å²) in [6, 6.07) is 13.9. The number of aliphatic hydroxyl groups is 3. The summed E-state index contributed by atoms with van der Waals surface area (Å²) in [4.78, 5) is 0. The van der Waals surface area contributed by atoms with Gasteiger partial charge < -0.3 is 29.2 Å². The standard InChI is InChI=1S/C23H24O6/c1-12-7-16-11-27-23(22(26)21(25)20(24)13(2)29-23)18(16)10-15(12)9-17-8-14-5-3-4-6-19(14)28-17/h3-8,10,13,20-22,24-26H,9,11H2,1-2H3/t13-,20-,21+,22-,23+/m1/s1. The molecular formula is C23H24O6. The molecule has 5 rings (SSSR count). The Bertz CT molecular complexity index is 1040. The summed E-state index contributed by atoms with van der Waals surface area (Å²) in [5, 5.41) is 32.2. The molecule has 1 spiro atoms. The Balaban J connectivity index is 1.54. The smallest absolute Gasteiger partial charge is 0.225 e. The third-order valence-electron chi connectivity index (χ3n) is 6.13. The van der Waals surface area contributed by atoms with E-state index in [2.05, 4.69) is 0 Å². The van der Waals surface area contributed by atoms with E-state index in [-0.39, 0.29) is 6.61 Å². The molecule has 2 aliphatic heterocycles. The monoisotopic (exact) mass is 396 g/mol. The molecule has 3 heterocycles. The van der Waals surface area contributed by atoms with E-state index in [0.29, 0.717) is 12.0 Å². The number of furan rings is 1. The predicted molar refractivity (Wildman–Crippen MR) is 105 cm³/mol. The second-order valence-corrected chi connectivity index (χ2v) is 8.07. The lowest BCUT2D eigenvalue weighted by atomic mass is 9.86. The number of ether oxygens (including phenoxy) is 2.